The van der Waals surface area contributed by atoms with Crippen molar-refractivity contribution in [1.82, 2.24) is 0 Å². The molecule has 0 saturated carbocycles. The first-order valence-corrected chi connectivity index (χ1v) is 8.00. The molecule has 114 valence electrons. The van der Waals surface area contributed by atoms with Crippen LogP contribution in [0.1, 0.15) is 22.9 Å². The minimum Gasteiger partial charge on any atom is -0.466 e. The van der Waals surface area contributed by atoms with Crippen molar-refractivity contribution in [2.45, 2.75) is 19.4 Å². The zero-order valence-electron chi connectivity index (χ0n) is 12.6. The van der Waals surface area contributed by atoms with Crippen LogP contribution < -0.4 is 10.6 Å². The number of esters is 1. The van der Waals surface area contributed by atoms with Gasteiger partial charge in [-0.3, -0.25) is 0 Å². The van der Waals surface area contributed by atoms with Gasteiger partial charge in [-0.2, -0.15) is 0 Å². The van der Waals surface area contributed by atoms with Crippen molar-refractivity contribution in [2.75, 3.05) is 17.7 Å². The van der Waals surface area contributed by atoms with Crippen LogP contribution in [0, 0.1) is 6.92 Å². The van der Waals surface area contributed by atoms with Crippen LogP contribution in [0.2, 0.25) is 0 Å². The summed E-state index contributed by atoms with van der Waals surface area (Å²) in [6, 6.07) is 10.3. The van der Waals surface area contributed by atoms with Gasteiger partial charge in [0.2, 0.25) is 0 Å². The van der Waals surface area contributed by atoms with Crippen LogP contribution in [0.5, 0.6) is 0 Å². The molecule has 22 heavy (non-hydrogen) atoms. The van der Waals surface area contributed by atoms with E-state index in [-0.39, 0.29) is 12.0 Å². The first-order chi connectivity index (χ1) is 10.7. The van der Waals surface area contributed by atoms with Crippen molar-refractivity contribution in [3.8, 4) is 0 Å². The summed E-state index contributed by atoms with van der Waals surface area (Å²) in [5.41, 5.74) is 4.12. The molecule has 1 aliphatic rings. The van der Waals surface area contributed by atoms with Gasteiger partial charge < -0.3 is 15.4 Å². The molecule has 1 unspecified atom stereocenters. The maximum absolute atomic E-state index is 11.6. The van der Waals surface area contributed by atoms with Gasteiger partial charge in [-0.1, -0.05) is 12.1 Å². The number of para-hydroxylation sites is 2. The fourth-order valence-electron chi connectivity index (χ4n) is 2.60. The molecule has 5 heteroatoms. The summed E-state index contributed by atoms with van der Waals surface area (Å²) < 4.78 is 4.76. The standard InChI is InChI=1S/C17H18N2O2S/c1-11-7-8-22-17(11)15-9-12(10-16(20)21-2)18-13-5-3-4-6-14(13)19-15/h3-8,10,15,18-19H,9H2,1-2H3/b12-10-. The molecule has 1 atom stereocenters. The van der Waals surface area contributed by atoms with E-state index >= 15 is 0 Å². The Kier molecular flexibility index (Phi) is 4.15. The quantitative estimate of drug-likeness (QED) is 0.648. The van der Waals surface area contributed by atoms with E-state index in [9.17, 15) is 4.79 Å². The average molecular weight is 314 g/mol. The smallest absolute Gasteiger partial charge is 0.332 e. The number of anilines is 2. The van der Waals surface area contributed by atoms with E-state index in [2.05, 4.69) is 29.0 Å². The van der Waals surface area contributed by atoms with Crippen LogP contribution >= 0.6 is 11.3 Å². The second-order valence-electron chi connectivity index (χ2n) is 5.23. The molecule has 2 aromatic rings. The molecule has 0 bridgehead atoms. The third-order valence-electron chi connectivity index (χ3n) is 3.69. The Morgan fingerprint density at radius 3 is 2.77 bits per heavy atom. The topological polar surface area (TPSA) is 50.4 Å². The summed E-state index contributed by atoms with van der Waals surface area (Å²) in [6.45, 7) is 2.11. The van der Waals surface area contributed by atoms with Crippen LogP contribution in [-0.2, 0) is 9.53 Å². The van der Waals surface area contributed by atoms with Crippen molar-refractivity contribution >= 4 is 28.7 Å². The molecule has 4 nitrogen and oxygen atoms in total. The minimum atomic E-state index is -0.344. The zero-order valence-corrected chi connectivity index (χ0v) is 13.4. The summed E-state index contributed by atoms with van der Waals surface area (Å²) in [5.74, 6) is -0.344. The Bertz CT molecular complexity index is 721. The second kappa shape index (κ2) is 6.23. The van der Waals surface area contributed by atoms with E-state index in [4.69, 9.17) is 4.74 Å². The lowest BCUT2D eigenvalue weighted by Gasteiger charge is -2.17. The highest BCUT2D eigenvalue weighted by molar-refractivity contribution is 7.10. The molecule has 2 heterocycles. The molecule has 0 aliphatic carbocycles. The third-order valence-corrected chi connectivity index (χ3v) is 4.82. The van der Waals surface area contributed by atoms with Gasteiger partial charge in [-0.25, -0.2) is 4.79 Å². The fourth-order valence-corrected chi connectivity index (χ4v) is 3.58. The zero-order chi connectivity index (χ0) is 15.5. The predicted molar refractivity (Wildman–Crippen MR) is 90.2 cm³/mol. The van der Waals surface area contributed by atoms with Gasteiger partial charge in [-0.05, 0) is 36.1 Å². The van der Waals surface area contributed by atoms with Crippen molar-refractivity contribution in [3.63, 3.8) is 0 Å². The van der Waals surface area contributed by atoms with E-state index in [0.29, 0.717) is 6.42 Å². The molecule has 1 aromatic carbocycles. The first kappa shape index (κ1) is 14.7. The van der Waals surface area contributed by atoms with E-state index < -0.39 is 0 Å². The Morgan fingerprint density at radius 2 is 2.09 bits per heavy atom. The van der Waals surface area contributed by atoms with Crippen LogP contribution in [0.3, 0.4) is 0 Å². The van der Waals surface area contributed by atoms with Gasteiger partial charge in [0.15, 0.2) is 0 Å². The maximum atomic E-state index is 11.6. The number of rotatable bonds is 2. The van der Waals surface area contributed by atoms with E-state index in [1.165, 1.54) is 23.6 Å². The van der Waals surface area contributed by atoms with Crippen LogP contribution in [-0.4, -0.2) is 13.1 Å². The Hall–Kier alpha value is -2.27. The Balaban J connectivity index is 2.00. The van der Waals surface area contributed by atoms with E-state index in [1.54, 1.807) is 11.3 Å². The van der Waals surface area contributed by atoms with Gasteiger partial charge >= 0.3 is 5.97 Å². The van der Waals surface area contributed by atoms with Crippen molar-refractivity contribution in [2.24, 2.45) is 0 Å². The molecule has 0 radical (unpaired) electrons. The van der Waals surface area contributed by atoms with Crippen molar-refractivity contribution in [1.29, 1.82) is 0 Å². The van der Waals surface area contributed by atoms with Gasteiger partial charge in [0.1, 0.15) is 0 Å². The number of nitrogens with one attached hydrogen (secondary N) is 2. The lowest BCUT2D eigenvalue weighted by atomic mass is 10.1. The number of hydrogen-bond donors (Lipinski definition) is 2. The molecule has 0 saturated heterocycles. The van der Waals surface area contributed by atoms with E-state index in [1.807, 2.05) is 24.3 Å². The molecule has 2 N–H and O–H groups in total. The number of aryl methyl sites for hydroxylation is 1. The summed E-state index contributed by atoms with van der Waals surface area (Å²) in [7, 11) is 1.39. The molecule has 0 amide bonds. The number of benzene rings is 1. The molecule has 1 aliphatic heterocycles. The van der Waals surface area contributed by atoms with Crippen LogP contribution in [0.25, 0.3) is 0 Å². The highest BCUT2D eigenvalue weighted by Gasteiger charge is 2.22. The summed E-state index contributed by atoms with van der Waals surface area (Å²) in [4.78, 5) is 12.9. The molecular weight excluding hydrogens is 296 g/mol. The molecule has 1 aromatic heterocycles. The predicted octanol–water partition coefficient (Wildman–Crippen LogP) is 4.08. The average Bonchev–Trinajstić information content (AvgIpc) is 2.85. The van der Waals surface area contributed by atoms with Crippen LogP contribution in [0.4, 0.5) is 11.4 Å². The Morgan fingerprint density at radius 1 is 1.32 bits per heavy atom. The van der Waals surface area contributed by atoms with Gasteiger partial charge in [0.25, 0.3) is 0 Å². The summed E-state index contributed by atoms with van der Waals surface area (Å²) >= 11 is 1.73. The number of ether oxygens (including phenoxy) is 1. The van der Waals surface area contributed by atoms with Crippen LogP contribution in [0.15, 0.2) is 47.5 Å². The first-order valence-electron chi connectivity index (χ1n) is 7.12. The molecular formula is C17H18N2O2S. The molecule has 3 rings (SSSR count). The highest BCUT2D eigenvalue weighted by Crippen LogP contribution is 2.37. The fraction of sp³-hybridized carbons (Fsp3) is 0.235. The van der Waals surface area contributed by atoms with E-state index in [0.717, 1.165) is 17.1 Å². The highest BCUT2D eigenvalue weighted by atomic mass is 32.1. The lowest BCUT2D eigenvalue weighted by Crippen LogP contribution is -2.11. The van der Waals surface area contributed by atoms with Crippen molar-refractivity contribution < 1.29 is 9.53 Å². The normalized spacial score (nSPS) is 18.8. The SMILES string of the molecule is COC(=O)/C=C1/CC(c2sccc2C)Nc2ccccc2N1. The number of methoxy groups -OCH3 is 1. The molecule has 0 fully saturated rings. The minimum absolute atomic E-state index is 0.132. The van der Waals surface area contributed by atoms with Gasteiger partial charge in [-0.15, -0.1) is 11.3 Å². The monoisotopic (exact) mass is 314 g/mol. The second-order valence-corrected chi connectivity index (χ2v) is 6.18. The number of carbonyl (C=O) groups is 1. The number of thiophene rings is 1. The Labute approximate surface area is 133 Å². The van der Waals surface area contributed by atoms with Gasteiger partial charge in [0, 0.05) is 23.1 Å². The number of carbonyl (C=O) groups excluding carboxylic acids is 1. The summed E-state index contributed by atoms with van der Waals surface area (Å²) in [6.07, 6.45) is 2.23. The number of fused-ring (bicyclic) bond motifs is 1. The third kappa shape index (κ3) is 2.99. The lowest BCUT2D eigenvalue weighted by molar-refractivity contribution is -0.134. The number of hydrogen-bond acceptors (Lipinski definition) is 5. The van der Waals surface area contributed by atoms with Crippen molar-refractivity contribution in [3.05, 3.63) is 57.9 Å². The summed E-state index contributed by atoms with van der Waals surface area (Å²) in [5, 5.41) is 9.01. The molecule has 0 spiro atoms. The maximum Gasteiger partial charge on any atom is 0.332 e. The van der Waals surface area contributed by atoms with Gasteiger partial charge in [0.05, 0.1) is 24.5 Å². The largest absolute Gasteiger partial charge is 0.466 e.